The van der Waals surface area contributed by atoms with Crippen LogP contribution in [0.3, 0.4) is 0 Å². The van der Waals surface area contributed by atoms with Crippen LogP contribution in [-0.2, 0) is 14.4 Å². The van der Waals surface area contributed by atoms with Gasteiger partial charge in [-0.3, -0.25) is 9.59 Å². The smallest absolute Gasteiger partial charge is 0.331 e. The van der Waals surface area contributed by atoms with Gasteiger partial charge in [0.15, 0.2) is 0 Å². The van der Waals surface area contributed by atoms with Gasteiger partial charge in [0.2, 0.25) is 11.8 Å². The summed E-state index contributed by atoms with van der Waals surface area (Å²) in [6.45, 7) is 1.35. The van der Waals surface area contributed by atoms with Crippen LogP contribution >= 0.6 is 11.8 Å². The SMILES string of the molecule is COc1cccc(NC(=O)C(Sc2ccc(NC(=O)C=C(C)C(=O)O)cc2)c2ccccc2)c1. The molecule has 2 amide bonds. The zero-order valence-electron chi connectivity index (χ0n) is 18.6. The number of carboxylic acids is 1. The Morgan fingerprint density at radius 2 is 1.62 bits per heavy atom. The van der Waals surface area contributed by atoms with Crippen LogP contribution in [0.25, 0.3) is 0 Å². The largest absolute Gasteiger partial charge is 0.497 e. The molecule has 0 aliphatic rings. The number of thioether (sulfide) groups is 1. The van der Waals surface area contributed by atoms with Gasteiger partial charge in [0.05, 0.1) is 7.11 Å². The summed E-state index contributed by atoms with van der Waals surface area (Å²) >= 11 is 1.38. The number of hydrogen-bond acceptors (Lipinski definition) is 5. The molecule has 0 aliphatic carbocycles. The molecule has 3 N–H and O–H groups in total. The number of anilines is 2. The van der Waals surface area contributed by atoms with Gasteiger partial charge in [0, 0.05) is 34.0 Å². The maximum atomic E-state index is 13.2. The topological polar surface area (TPSA) is 105 Å². The highest BCUT2D eigenvalue weighted by Gasteiger charge is 2.22. The summed E-state index contributed by atoms with van der Waals surface area (Å²) in [6, 6.07) is 23.6. The van der Waals surface area contributed by atoms with Crippen molar-refractivity contribution in [2.24, 2.45) is 0 Å². The van der Waals surface area contributed by atoms with E-state index in [9.17, 15) is 14.4 Å². The minimum absolute atomic E-state index is 0.0579. The van der Waals surface area contributed by atoms with Crippen molar-refractivity contribution in [1.82, 2.24) is 0 Å². The number of amides is 2. The van der Waals surface area contributed by atoms with Gasteiger partial charge in [0.1, 0.15) is 11.0 Å². The lowest BCUT2D eigenvalue weighted by Gasteiger charge is -2.17. The van der Waals surface area contributed by atoms with E-state index < -0.39 is 17.1 Å². The molecule has 7 nitrogen and oxygen atoms in total. The van der Waals surface area contributed by atoms with Crippen molar-refractivity contribution in [2.75, 3.05) is 17.7 Å². The van der Waals surface area contributed by atoms with E-state index in [1.54, 1.807) is 55.6 Å². The summed E-state index contributed by atoms with van der Waals surface area (Å²) in [6.07, 6.45) is 1.03. The van der Waals surface area contributed by atoms with Crippen LogP contribution in [-0.4, -0.2) is 30.0 Å². The molecule has 0 saturated heterocycles. The Labute approximate surface area is 201 Å². The predicted octanol–water partition coefficient (Wildman–Crippen LogP) is 5.14. The highest BCUT2D eigenvalue weighted by atomic mass is 32.2. The lowest BCUT2D eigenvalue weighted by Crippen LogP contribution is -2.19. The van der Waals surface area contributed by atoms with E-state index in [2.05, 4.69) is 10.6 Å². The number of carbonyl (C=O) groups excluding carboxylic acids is 2. The quantitative estimate of drug-likeness (QED) is 0.292. The van der Waals surface area contributed by atoms with E-state index in [1.807, 2.05) is 30.3 Å². The number of hydrogen-bond donors (Lipinski definition) is 3. The van der Waals surface area contributed by atoms with Crippen LogP contribution in [0.1, 0.15) is 17.7 Å². The van der Waals surface area contributed by atoms with Crippen LogP contribution in [0.2, 0.25) is 0 Å². The second kappa shape index (κ2) is 11.7. The maximum absolute atomic E-state index is 13.2. The molecule has 0 fully saturated rings. The van der Waals surface area contributed by atoms with E-state index >= 15 is 0 Å². The van der Waals surface area contributed by atoms with Gasteiger partial charge in [-0.1, -0.05) is 36.4 Å². The number of methoxy groups -OCH3 is 1. The van der Waals surface area contributed by atoms with Crippen molar-refractivity contribution in [1.29, 1.82) is 0 Å². The van der Waals surface area contributed by atoms with Crippen LogP contribution in [0, 0.1) is 0 Å². The van der Waals surface area contributed by atoms with Crippen LogP contribution < -0.4 is 15.4 Å². The first-order valence-corrected chi connectivity index (χ1v) is 11.2. The molecule has 0 radical (unpaired) electrons. The molecule has 1 atom stereocenters. The summed E-state index contributed by atoms with van der Waals surface area (Å²) in [5.74, 6) is -1.22. The third-order valence-corrected chi connectivity index (χ3v) is 6.00. The first-order chi connectivity index (χ1) is 16.4. The Hall–Kier alpha value is -4.04. The Kier molecular flexibility index (Phi) is 8.48. The van der Waals surface area contributed by atoms with E-state index in [1.165, 1.54) is 18.7 Å². The standard InChI is InChI=1S/C26H24N2O5S/c1-17(26(31)32)15-23(29)27-19-11-13-22(14-12-19)34-24(18-7-4-3-5-8-18)25(30)28-20-9-6-10-21(16-20)33-2/h3-16,24H,1-2H3,(H,27,29)(H,28,30)(H,31,32). The molecule has 0 spiro atoms. The van der Waals surface area contributed by atoms with Gasteiger partial charge in [-0.2, -0.15) is 0 Å². The minimum Gasteiger partial charge on any atom is -0.497 e. The van der Waals surface area contributed by atoms with Gasteiger partial charge in [-0.05, 0) is 48.9 Å². The molecule has 1 unspecified atom stereocenters. The normalized spacial score (nSPS) is 11.9. The molecule has 8 heteroatoms. The number of rotatable bonds is 9. The number of carbonyl (C=O) groups is 3. The summed E-state index contributed by atoms with van der Waals surface area (Å²) in [5.41, 5.74) is 1.94. The highest BCUT2D eigenvalue weighted by Crippen LogP contribution is 2.37. The first kappa shape index (κ1) is 24.6. The van der Waals surface area contributed by atoms with Gasteiger partial charge < -0.3 is 20.5 Å². The van der Waals surface area contributed by atoms with Crippen LogP contribution in [0.5, 0.6) is 5.75 Å². The Morgan fingerprint density at radius 3 is 2.26 bits per heavy atom. The lowest BCUT2D eigenvalue weighted by atomic mass is 10.1. The fourth-order valence-electron chi connectivity index (χ4n) is 3.00. The molecule has 0 aliphatic heterocycles. The average Bonchev–Trinajstić information content (AvgIpc) is 2.84. The monoisotopic (exact) mass is 476 g/mol. The van der Waals surface area contributed by atoms with Crippen molar-refractivity contribution in [3.8, 4) is 5.75 Å². The Morgan fingerprint density at radius 1 is 0.912 bits per heavy atom. The molecule has 0 bridgehead atoms. The molecule has 3 aromatic rings. The molecule has 0 aromatic heterocycles. The Balaban J connectivity index is 1.75. The Bertz CT molecular complexity index is 1190. The summed E-state index contributed by atoms with van der Waals surface area (Å²) in [5, 5.41) is 13.9. The van der Waals surface area contributed by atoms with Gasteiger partial charge >= 0.3 is 5.97 Å². The molecule has 0 heterocycles. The van der Waals surface area contributed by atoms with Crippen molar-refractivity contribution in [3.63, 3.8) is 0 Å². The second-order valence-electron chi connectivity index (χ2n) is 7.28. The van der Waals surface area contributed by atoms with Crippen LogP contribution in [0.4, 0.5) is 11.4 Å². The summed E-state index contributed by atoms with van der Waals surface area (Å²) < 4.78 is 5.23. The molecular weight excluding hydrogens is 452 g/mol. The lowest BCUT2D eigenvalue weighted by molar-refractivity contribution is -0.132. The zero-order chi connectivity index (χ0) is 24.5. The second-order valence-corrected chi connectivity index (χ2v) is 8.45. The van der Waals surface area contributed by atoms with Crippen molar-refractivity contribution in [2.45, 2.75) is 17.1 Å². The number of ether oxygens (including phenoxy) is 1. The molecule has 3 rings (SSSR count). The molecular formula is C26H24N2O5S. The highest BCUT2D eigenvalue weighted by molar-refractivity contribution is 8.00. The van der Waals surface area contributed by atoms with Gasteiger partial charge in [-0.15, -0.1) is 11.8 Å². The summed E-state index contributed by atoms with van der Waals surface area (Å²) in [4.78, 5) is 36.9. The van der Waals surface area contributed by atoms with E-state index in [0.717, 1.165) is 16.5 Å². The number of aliphatic carboxylic acids is 1. The molecule has 3 aromatic carbocycles. The zero-order valence-corrected chi connectivity index (χ0v) is 19.5. The minimum atomic E-state index is -1.15. The van der Waals surface area contributed by atoms with Crippen molar-refractivity contribution < 1.29 is 24.2 Å². The maximum Gasteiger partial charge on any atom is 0.331 e. The van der Waals surface area contributed by atoms with Crippen molar-refractivity contribution >= 4 is 40.9 Å². The number of benzene rings is 3. The fraction of sp³-hybridized carbons (Fsp3) is 0.115. The van der Waals surface area contributed by atoms with Crippen LogP contribution in [0.15, 0.2) is 95.4 Å². The third kappa shape index (κ3) is 6.98. The average molecular weight is 477 g/mol. The van der Waals surface area contributed by atoms with Crippen molar-refractivity contribution in [3.05, 3.63) is 96.1 Å². The van der Waals surface area contributed by atoms with Gasteiger partial charge in [-0.25, -0.2) is 4.79 Å². The predicted molar refractivity (Wildman–Crippen MR) is 133 cm³/mol. The van der Waals surface area contributed by atoms with E-state index in [0.29, 0.717) is 17.1 Å². The molecule has 34 heavy (non-hydrogen) atoms. The van der Waals surface area contributed by atoms with E-state index in [4.69, 9.17) is 9.84 Å². The number of carboxylic acid groups (broad SMARTS) is 1. The molecule has 174 valence electrons. The number of nitrogens with one attached hydrogen (secondary N) is 2. The summed E-state index contributed by atoms with van der Waals surface area (Å²) in [7, 11) is 1.57. The van der Waals surface area contributed by atoms with E-state index in [-0.39, 0.29) is 11.5 Å². The third-order valence-electron chi connectivity index (χ3n) is 4.74. The first-order valence-electron chi connectivity index (χ1n) is 10.3. The fourth-order valence-corrected chi connectivity index (χ4v) is 4.02. The van der Waals surface area contributed by atoms with Gasteiger partial charge in [0.25, 0.3) is 0 Å². The molecule has 0 saturated carbocycles.